The molecule has 0 heterocycles. The molecular weight excluding hydrogens is 244 g/mol. The number of carboxylic acids is 1. The predicted molar refractivity (Wildman–Crippen MR) is 74.2 cm³/mol. The molecule has 1 amide bonds. The number of carbonyl (C=O) groups excluding carboxylic acids is 1. The van der Waals surface area contributed by atoms with Gasteiger partial charge < -0.3 is 15.3 Å². The van der Waals surface area contributed by atoms with Crippen LogP contribution in [0.2, 0.25) is 0 Å². The van der Waals surface area contributed by atoms with Crippen molar-refractivity contribution in [2.24, 2.45) is 0 Å². The molecule has 0 bridgehead atoms. The quantitative estimate of drug-likeness (QED) is 0.845. The lowest BCUT2D eigenvalue weighted by Gasteiger charge is -2.25. The van der Waals surface area contributed by atoms with Crippen molar-refractivity contribution in [3.05, 3.63) is 30.3 Å². The predicted octanol–water partition coefficient (Wildman–Crippen LogP) is 1.49. The number of benzene rings is 1. The lowest BCUT2D eigenvalue weighted by molar-refractivity contribution is -0.136. The molecule has 0 spiro atoms. The Balaban J connectivity index is 2.80. The van der Waals surface area contributed by atoms with E-state index in [-0.39, 0.29) is 24.5 Å². The number of aliphatic carboxylic acids is 1. The Hall–Kier alpha value is -1.88. The van der Waals surface area contributed by atoms with Crippen molar-refractivity contribution in [1.82, 2.24) is 5.32 Å². The van der Waals surface area contributed by atoms with Crippen LogP contribution in [0, 0.1) is 0 Å². The molecule has 0 saturated carbocycles. The molecule has 0 fully saturated rings. The summed E-state index contributed by atoms with van der Waals surface area (Å²) in [7, 11) is 0. The molecule has 0 aliphatic heterocycles. The van der Waals surface area contributed by atoms with E-state index < -0.39 is 5.97 Å². The fourth-order valence-corrected chi connectivity index (χ4v) is 1.50. The Morgan fingerprint density at radius 1 is 1.21 bits per heavy atom. The normalized spacial score (nSPS) is 11.1. The first-order valence-corrected chi connectivity index (χ1v) is 6.12. The van der Waals surface area contributed by atoms with E-state index in [2.05, 4.69) is 5.32 Å². The second-order valence-electron chi connectivity index (χ2n) is 5.31. The third-order valence-corrected chi connectivity index (χ3v) is 2.43. The maximum absolute atomic E-state index is 12.1. The highest BCUT2D eigenvalue weighted by Crippen LogP contribution is 2.13. The number of nitrogens with one attached hydrogen (secondary N) is 1. The minimum atomic E-state index is -1.03. The average Bonchev–Trinajstić information content (AvgIpc) is 2.33. The van der Waals surface area contributed by atoms with E-state index in [0.717, 1.165) is 0 Å². The van der Waals surface area contributed by atoms with Gasteiger partial charge in [-0.05, 0) is 32.9 Å². The molecule has 0 unspecified atom stereocenters. The van der Waals surface area contributed by atoms with Gasteiger partial charge in [0.25, 0.3) is 0 Å². The van der Waals surface area contributed by atoms with Crippen molar-refractivity contribution in [2.75, 3.05) is 18.0 Å². The van der Waals surface area contributed by atoms with Gasteiger partial charge in [-0.15, -0.1) is 0 Å². The van der Waals surface area contributed by atoms with Crippen LogP contribution >= 0.6 is 0 Å². The molecule has 19 heavy (non-hydrogen) atoms. The van der Waals surface area contributed by atoms with Crippen molar-refractivity contribution < 1.29 is 14.7 Å². The molecule has 0 saturated heterocycles. The number of hydrogen-bond donors (Lipinski definition) is 2. The largest absolute Gasteiger partial charge is 0.480 e. The molecule has 0 aromatic heterocycles. The number of anilines is 1. The fourth-order valence-electron chi connectivity index (χ4n) is 1.50. The van der Waals surface area contributed by atoms with Gasteiger partial charge in [-0.2, -0.15) is 0 Å². The fraction of sp³-hybridized carbons (Fsp3) is 0.429. The topological polar surface area (TPSA) is 69.6 Å². The first-order valence-electron chi connectivity index (χ1n) is 6.12. The molecule has 0 aliphatic carbocycles. The van der Waals surface area contributed by atoms with Gasteiger partial charge in [0.1, 0.15) is 6.54 Å². The van der Waals surface area contributed by atoms with Gasteiger partial charge in [-0.25, -0.2) is 0 Å². The number of carboxylic acid groups (broad SMARTS) is 1. The first kappa shape index (κ1) is 15.2. The number of nitrogens with zero attached hydrogens (tertiary/aromatic N) is 1. The number of carbonyl (C=O) groups is 2. The van der Waals surface area contributed by atoms with Gasteiger partial charge in [0.2, 0.25) is 5.91 Å². The molecule has 104 valence electrons. The van der Waals surface area contributed by atoms with E-state index in [1.54, 1.807) is 24.3 Å². The van der Waals surface area contributed by atoms with Crippen LogP contribution in [0.3, 0.4) is 0 Å². The van der Waals surface area contributed by atoms with Gasteiger partial charge >= 0.3 is 5.97 Å². The molecule has 5 heteroatoms. The van der Waals surface area contributed by atoms with Crippen LogP contribution < -0.4 is 10.2 Å². The van der Waals surface area contributed by atoms with Crippen molar-refractivity contribution in [2.45, 2.75) is 26.3 Å². The van der Waals surface area contributed by atoms with Crippen LogP contribution in [0.15, 0.2) is 30.3 Å². The number of hydrogen-bond acceptors (Lipinski definition) is 3. The van der Waals surface area contributed by atoms with Crippen LogP contribution in [0.1, 0.15) is 20.8 Å². The highest BCUT2D eigenvalue weighted by Gasteiger charge is 2.20. The van der Waals surface area contributed by atoms with E-state index in [4.69, 9.17) is 5.11 Å². The van der Waals surface area contributed by atoms with Crippen LogP contribution in [0.25, 0.3) is 0 Å². The zero-order valence-corrected chi connectivity index (χ0v) is 11.5. The number of rotatable bonds is 5. The maximum Gasteiger partial charge on any atom is 0.323 e. The second-order valence-corrected chi connectivity index (χ2v) is 5.31. The SMILES string of the molecule is CC(C)(C)NCC(=O)N(CC(=O)O)c1ccccc1. The molecule has 5 nitrogen and oxygen atoms in total. The average molecular weight is 264 g/mol. The first-order chi connectivity index (χ1) is 8.79. The Bertz CT molecular complexity index is 438. The zero-order chi connectivity index (χ0) is 14.5. The summed E-state index contributed by atoms with van der Waals surface area (Å²) >= 11 is 0. The number of amides is 1. The van der Waals surface area contributed by atoms with Crippen LogP contribution in [-0.4, -0.2) is 35.6 Å². The molecular formula is C14H20N2O3. The summed E-state index contributed by atoms with van der Waals surface area (Å²) < 4.78 is 0. The Morgan fingerprint density at radius 3 is 2.26 bits per heavy atom. The minimum absolute atomic E-state index is 0.103. The van der Waals surface area contributed by atoms with Crippen molar-refractivity contribution in [1.29, 1.82) is 0 Å². The molecule has 0 atom stereocenters. The molecule has 1 aromatic carbocycles. The highest BCUT2D eigenvalue weighted by molar-refractivity contribution is 5.98. The summed E-state index contributed by atoms with van der Waals surface area (Å²) in [6, 6.07) is 8.81. The summed E-state index contributed by atoms with van der Waals surface area (Å²) in [5, 5.41) is 12.0. The summed E-state index contributed by atoms with van der Waals surface area (Å²) in [6.45, 7) is 5.61. The summed E-state index contributed by atoms with van der Waals surface area (Å²) in [5.74, 6) is -1.29. The number of para-hydroxylation sites is 1. The van der Waals surface area contributed by atoms with Gasteiger partial charge in [0.15, 0.2) is 0 Å². The summed E-state index contributed by atoms with van der Waals surface area (Å²) in [5.41, 5.74) is 0.395. The third kappa shape index (κ3) is 5.52. The van der Waals surface area contributed by atoms with Crippen LogP contribution in [0.4, 0.5) is 5.69 Å². The zero-order valence-electron chi connectivity index (χ0n) is 11.5. The van der Waals surface area contributed by atoms with Gasteiger partial charge in [0.05, 0.1) is 6.54 Å². The van der Waals surface area contributed by atoms with Gasteiger partial charge in [-0.3, -0.25) is 9.59 Å². The minimum Gasteiger partial charge on any atom is -0.480 e. The standard InChI is InChI=1S/C14H20N2O3/c1-14(2,3)15-9-12(17)16(10-13(18)19)11-7-5-4-6-8-11/h4-8,15H,9-10H2,1-3H3,(H,18,19). The smallest absolute Gasteiger partial charge is 0.323 e. The Kier molecular flexibility index (Phi) is 5.06. The molecule has 1 rings (SSSR count). The van der Waals surface area contributed by atoms with Gasteiger partial charge in [-0.1, -0.05) is 18.2 Å². The Labute approximate surface area is 113 Å². The second kappa shape index (κ2) is 6.33. The van der Waals surface area contributed by atoms with E-state index in [1.807, 2.05) is 26.8 Å². The van der Waals surface area contributed by atoms with Crippen LogP contribution in [0.5, 0.6) is 0 Å². The third-order valence-electron chi connectivity index (χ3n) is 2.43. The lowest BCUT2D eigenvalue weighted by Crippen LogP contribution is -2.46. The van der Waals surface area contributed by atoms with Crippen molar-refractivity contribution >= 4 is 17.6 Å². The molecule has 0 aliphatic rings. The lowest BCUT2D eigenvalue weighted by atomic mass is 10.1. The summed E-state index contributed by atoms with van der Waals surface area (Å²) in [4.78, 5) is 24.3. The maximum atomic E-state index is 12.1. The van der Waals surface area contributed by atoms with E-state index in [9.17, 15) is 9.59 Å². The van der Waals surface area contributed by atoms with E-state index in [0.29, 0.717) is 5.69 Å². The monoisotopic (exact) mass is 264 g/mol. The van der Waals surface area contributed by atoms with Crippen LogP contribution in [-0.2, 0) is 9.59 Å². The Morgan fingerprint density at radius 2 is 1.79 bits per heavy atom. The van der Waals surface area contributed by atoms with Gasteiger partial charge in [0, 0.05) is 11.2 Å². The highest BCUT2D eigenvalue weighted by atomic mass is 16.4. The summed E-state index contributed by atoms with van der Waals surface area (Å²) in [6.07, 6.45) is 0. The van der Waals surface area contributed by atoms with E-state index in [1.165, 1.54) is 4.90 Å². The molecule has 2 N–H and O–H groups in total. The molecule has 0 radical (unpaired) electrons. The van der Waals surface area contributed by atoms with E-state index >= 15 is 0 Å². The van der Waals surface area contributed by atoms with Crippen molar-refractivity contribution in [3.63, 3.8) is 0 Å². The molecule has 1 aromatic rings. The van der Waals surface area contributed by atoms with Crippen molar-refractivity contribution in [3.8, 4) is 0 Å².